The standard InChI is InChI=1S/C29H28N6O3/c1-37-25-12-11-22(16-26(25)38-2)29(36)34-23-10-6-9-21(15-23)17-30-27-24-18-33-35(28(24)32-19-31-27)14-13-20-7-4-3-5-8-20/h3-12,15-16,18-19H,13-14,17H2,1-2H3,(H,34,36)(H,30,31,32). The van der Waals surface area contributed by atoms with E-state index in [2.05, 4.69) is 37.8 Å². The maximum atomic E-state index is 12.8. The number of carbonyl (C=O) groups is 1. The topological polar surface area (TPSA) is 103 Å². The van der Waals surface area contributed by atoms with Crippen LogP contribution in [0, 0.1) is 0 Å². The first-order valence-electron chi connectivity index (χ1n) is 12.2. The number of methoxy groups -OCH3 is 2. The molecule has 38 heavy (non-hydrogen) atoms. The van der Waals surface area contributed by atoms with Gasteiger partial charge in [0.15, 0.2) is 17.1 Å². The normalized spacial score (nSPS) is 10.8. The van der Waals surface area contributed by atoms with Crippen LogP contribution < -0.4 is 20.1 Å². The molecule has 0 unspecified atom stereocenters. The number of hydrogen-bond donors (Lipinski definition) is 2. The summed E-state index contributed by atoms with van der Waals surface area (Å²) in [6.45, 7) is 1.24. The molecule has 0 bridgehead atoms. The van der Waals surface area contributed by atoms with Crippen molar-refractivity contribution in [3.63, 3.8) is 0 Å². The number of fused-ring (bicyclic) bond motifs is 1. The second-order valence-corrected chi connectivity index (χ2v) is 8.64. The number of carbonyl (C=O) groups excluding carboxylic acids is 1. The lowest BCUT2D eigenvalue weighted by Crippen LogP contribution is -2.12. The molecular weight excluding hydrogens is 480 g/mol. The van der Waals surface area contributed by atoms with Crippen LogP contribution in [0.25, 0.3) is 11.0 Å². The van der Waals surface area contributed by atoms with Gasteiger partial charge in [0.1, 0.15) is 12.1 Å². The van der Waals surface area contributed by atoms with E-state index in [1.807, 2.05) is 47.1 Å². The molecule has 0 spiro atoms. The van der Waals surface area contributed by atoms with Gasteiger partial charge < -0.3 is 20.1 Å². The maximum Gasteiger partial charge on any atom is 0.255 e. The Morgan fingerprint density at radius 2 is 1.71 bits per heavy atom. The molecule has 2 N–H and O–H groups in total. The van der Waals surface area contributed by atoms with Crippen LogP contribution in [0.2, 0.25) is 0 Å². The van der Waals surface area contributed by atoms with Gasteiger partial charge in [0.25, 0.3) is 5.91 Å². The van der Waals surface area contributed by atoms with Crippen molar-refractivity contribution >= 4 is 28.4 Å². The minimum atomic E-state index is -0.239. The maximum absolute atomic E-state index is 12.8. The second kappa shape index (κ2) is 11.4. The number of anilines is 2. The van der Waals surface area contributed by atoms with E-state index in [4.69, 9.17) is 9.47 Å². The highest BCUT2D eigenvalue weighted by Gasteiger charge is 2.12. The molecule has 9 nitrogen and oxygen atoms in total. The molecule has 2 aromatic heterocycles. The molecule has 9 heteroatoms. The number of hydrogen-bond acceptors (Lipinski definition) is 7. The summed E-state index contributed by atoms with van der Waals surface area (Å²) in [5.41, 5.74) is 4.18. The molecular formula is C29H28N6O3. The Morgan fingerprint density at radius 1 is 0.895 bits per heavy atom. The van der Waals surface area contributed by atoms with Gasteiger partial charge in [-0.25, -0.2) is 14.6 Å². The Morgan fingerprint density at radius 3 is 2.53 bits per heavy atom. The molecule has 192 valence electrons. The number of benzene rings is 3. The van der Waals surface area contributed by atoms with Gasteiger partial charge in [-0.05, 0) is 47.9 Å². The Balaban J connectivity index is 1.25. The molecule has 0 aliphatic heterocycles. The molecule has 0 aliphatic rings. The summed E-state index contributed by atoms with van der Waals surface area (Å²) >= 11 is 0. The SMILES string of the molecule is COc1ccc(C(=O)Nc2cccc(CNc3ncnc4c3cnn4CCc3ccccc3)c2)cc1OC. The van der Waals surface area contributed by atoms with E-state index in [1.54, 1.807) is 37.8 Å². The zero-order chi connectivity index (χ0) is 26.3. The average Bonchev–Trinajstić information content (AvgIpc) is 3.39. The van der Waals surface area contributed by atoms with E-state index >= 15 is 0 Å². The average molecular weight is 509 g/mol. The van der Waals surface area contributed by atoms with Gasteiger partial charge in [-0.3, -0.25) is 4.79 Å². The minimum Gasteiger partial charge on any atom is -0.493 e. The molecule has 0 saturated carbocycles. The Bertz CT molecular complexity index is 1550. The molecule has 3 aromatic carbocycles. The lowest BCUT2D eigenvalue weighted by molar-refractivity contribution is 0.102. The van der Waals surface area contributed by atoms with Crippen LogP contribution in [0.4, 0.5) is 11.5 Å². The summed E-state index contributed by atoms with van der Waals surface area (Å²) in [6, 6.07) is 23.0. The van der Waals surface area contributed by atoms with Crippen molar-refractivity contribution in [2.45, 2.75) is 19.5 Å². The molecule has 0 radical (unpaired) electrons. The molecule has 0 aliphatic carbocycles. The minimum absolute atomic E-state index is 0.239. The van der Waals surface area contributed by atoms with Gasteiger partial charge >= 0.3 is 0 Å². The van der Waals surface area contributed by atoms with Gasteiger partial charge in [0.05, 0.1) is 25.8 Å². The van der Waals surface area contributed by atoms with E-state index < -0.39 is 0 Å². The number of aromatic nitrogens is 4. The third-order valence-electron chi connectivity index (χ3n) is 6.18. The van der Waals surface area contributed by atoms with Gasteiger partial charge in [0.2, 0.25) is 0 Å². The molecule has 2 heterocycles. The van der Waals surface area contributed by atoms with Crippen molar-refractivity contribution in [1.82, 2.24) is 19.7 Å². The number of nitrogens with one attached hydrogen (secondary N) is 2. The van der Waals surface area contributed by atoms with Crippen molar-refractivity contribution in [2.24, 2.45) is 0 Å². The third kappa shape index (κ3) is 5.57. The fraction of sp³-hybridized carbons (Fsp3) is 0.172. The second-order valence-electron chi connectivity index (χ2n) is 8.64. The Hall–Kier alpha value is -4.92. The fourth-order valence-corrected chi connectivity index (χ4v) is 4.20. The zero-order valence-electron chi connectivity index (χ0n) is 21.2. The number of aryl methyl sites for hydroxylation is 2. The van der Waals surface area contributed by atoms with Crippen LogP contribution in [0.15, 0.2) is 85.3 Å². The predicted octanol–water partition coefficient (Wildman–Crippen LogP) is 4.95. The highest BCUT2D eigenvalue weighted by atomic mass is 16.5. The number of rotatable bonds is 10. The van der Waals surface area contributed by atoms with E-state index in [0.29, 0.717) is 35.1 Å². The van der Waals surface area contributed by atoms with Crippen LogP contribution in [0.3, 0.4) is 0 Å². The summed E-state index contributed by atoms with van der Waals surface area (Å²) in [7, 11) is 3.10. The summed E-state index contributed by atoms with van der Waals surface area (Å²) in [4.78, 5) is 21.7. The summed E-state index contributed by atoms with van der Waals surface area (Å²) in [5, 5.41) is 11.7. The number of ether oxygens (including phenoxy) is 2. The first-order chi connectivity index (χ1) is 18.6. The first kappa shape index (κ1) is 24.8. The molecule has 0 saturated heterocycles. The van der Waals surface area contributed by atoms with Crippen LogP contribution in [-0.4, -0.2) is 39.9 Å². The van der Waals surface area contributed by atoms with E-state index in [1.165, 1.54) is 12.7 Å². The molecule has 0 atom stereocenters. The molecule has 5 aromatic rings. The van der Waals surface area contributed by atoms with Crippen LogP contribution in [0.5, 0.6) is 11.5 Å². The van der Waals surface area contributed by atoms with E-state index in [0.717, 1.165) is 29.6 Å². The smallest absolute Gasteiger partial charge is 0.255 e. The molecule has 1 amide bonds. The van der Waals surface area contributed by atoms with Gasteiger partial charge in [-0.2, -0.15) is 5.10 Å². The van der Waals surface area contributed by atoms with Crippen molar-refractivity contribution in [1.29, 1.82) is 0 Å². The van der Waals surface area contributed by atoms with Crippen molar-refractivity contribution < 1.29 is 14.3 Å². The summed E-state index contributed by atoms with van der Waals surface area (Å²) in [6.07, 6.45) is 4.21. The van der Waals surface area contributed by atoms with E-state index in [-0.39, 0.29) is 5.91 Å². The number of amides is 1. The van der Waals surface area contributed by atoms with Crippen molar-refractivity contribution in [3.05, 3.63) is 102 Å². The Labute approximate surface area is 220 Å². The highest BCUT2D eigenvalue weighted by molar-refractivity contribution is 6.04. The monoisotopic (exact) mass is 508 g/mol. The lowest BCUT2D eigenvalue weighted by atomic mass is 10.1. The zero-order valence-corrected chi connectivity index (χ0v) is 21.2. The lowest BCUT2D eigenvalue weighted by Gasteiger charge is -2.11. The molecule has 5 rings (SSSR count). The van der Waals surface area contributed by atoms with Gasteiger partial charge in [-0.1, -0.05) is 42.5 Å². The first-order valence-corrected chi connectivity index (χ1v) is 12.2. The largest absolute Gasteiger partial charge is 0.493 e. The fourth-order valence-electron chi connectivity index (χ4n) is 4.20. The summed E-state index contributed by atoms with van der Waals surface area (Å²) in [5.74, 6) is 1.53. The predicted molar refractivity (Wildman–Crippen MR) is 147 cm³/mol. The number of nitrogens with zero attached hydrogens (tertiary/aromatic N) is 4. The van der Waals surface area contributed by atoms with E-state index in [9.17, 15) is 4.79 Å². The quantitative estimate of drug-likeness (QED) is 0.275. The molecule has 0 fully saturated rings. The van der Waals surface area contributed by atoms with Crippen LogP contribution in [-0.2, 0) is 19.5 Å². The third-order valence-corrected chi connectivity index (χ3v) is 6.18. The van der Waals surface area contributed by atoms with Crippen molar-refractivity contribution in [2.75, 3.05) is 24.9 Å². The Kier molecular flexibility index (Phi) is 7.44. The van der Waals surface area contributed by atoms with Crippen LogP contribution in [0.1, 0.15) is 21.5 Å². The van der Waals surface area contributed by atoms with Gasteiger partial charge in [-0.15, -0.1) is 0 Å². The van der Waals surface area contributed by atoms with Gasteiger partial charge in [0, 0.05) is 24.3 Å². The highest BCUT2D eigenvalue weighted by Crippen LogP contribution is 2.28. The van der Waals surface area contributed by atoms with Crippen molar-refractivity contribution in [3.8, 4) is 11.5 Å². The summed E-state index contributed by atoms with van der Waals surface area (Å²) < 4.78 is 12.5. The van der Waals surface area contributed by atoms with Crippen LogP contribution >= 0.6 is 0 Å².